The number of anilines is 1. The first-order chi connectivity index (χ1) is 8.88. The molecule has 0 bridgehead atoms. The van der Waals surface area contributed by atoms with Gasteiger partial charge in [0, 0.05) is 16.8 Å². The highest BCUT2D eigenvalue weighted by Gasteiger charge is 2.18. The van der Waals surface area contributed by atoms with Gasteiger partial charge in [-0.15, -0.1) is 11.3 Å². The summed E-state index contributed by atoms with van der Waals surface area (Å²) in [4.78, 5) is 4.16. The highest BCUT2D eigenvalue weighted by atomic mass is 35.5. The third kappa shape index (κ3) is 3.44. The van der Waals surface area contributed by atoms with Crippen LogP contribution in [0.15, 0.2) is 28.5 Å². The largest absolute Gasteiger partial charge is 0.399 e. The summed E-state index contributed by atoms with van der Waals surface area (Å²) in [6.07, 6.45) is 0. The molecule has 0 aliphatic carbocycles. The molecular formula is C11H12ClN3O2S2. The molecule has 0 atom stereocenters. The molecular weight excluding hydrogens is 306 g/mol. The van der Waals surface area contributed by atoms with Gasteiger partial charge < -0.3 is 5.73 Å². The van der Waals surface area contributed by atoms with Gasteiger partial charge in [-0.3, -0.25) is 0 Å². The van der Waals surface area contributed by atoms with Crippen molar-refractivity contribution in [2.45, 2.75) is 18.4 Å². The quantitative estimate of drug-likeness (QED) is 0.846. The third-order valence-corrected chi connectivity index (χ3v) is 5.17. The second-order valence-electron chi connectivity index (χ2n) is 3.90. The van der Waals surface area contributed by atoms with Gasteiger partial charge in [0.2, 0.25) is 10.0 Å². The Balaban J connectivity index is 2.20. The molecule has 2 aromatic rings. The van der Waals surface area contributed by atoms with Gasteiger partial charge in [0.05, 0.1) is 11.6 Å². The number of thiazole rings is 1. The van der Waals surface area contributed by atoms with Gasteiger partial charge in [0.1, 0.15) is 9.90 Å². The van der Waals surface area contributed by atoms with Crippen LogP contribution >= 0.6 is 22.9 Å². The van der Waals surface area contributed by atoms with E-state index >= 15 is 0 Å². The van der Waals surface area contributed by atoms with Crippen molar-refractivity contribution in [1.82, 2.24) is 9.71 Å². The van der Waals surface area contributed by atoms with E-state index in [2.05, 4.69) is 9.71 Å². The van der Waals surface area contributed by atoms with Gasteiger partial charge >= 0.3 is 0 Å². The van der Waals surface area contributed by atoms with Crippen LogP contribution in [0.25, 0.3) is 0 Å². The van der Waals surface area contributed by atoms with E-state index in [1.165, 1.54) is 23.5 Å². The molecule has 1 heterocycles. The van der Waals surface area contributed by atoms with Crippen LogP contribution in [0.1, 0.15) is 10.7 Å². The van der Waals surface area contributed by atoms with E-state index in [0.717, 1.165) is 5.69 Å². The first-order valence-electron chi connectivity index (χ1n) is 5.34. The summed E-state index contributed by atoms with van der Waals surface area (Å²) in [5, 5.41) is 2.69. The molecule has 2 rings (SSSR count). The second-order valence-corrected chi connectivity index (χ2v) is 6.98. The van der Waals surface area contributed by atoms with Crippen LogP contribution < -0.4 is 10.5 Å². The monoisotopic (exact) mass is 317 g/mol. The molecule has 8 heteroatoms. The molecule has 0 radical (unpaired) electrons. The lowest BCUT2D eigenvalue weighted by atomic mass is 10.3. The Morgan fingerprint density at radius 3 is 2.84 bits per heavy atom. The number of sulfonamides is 1. The summed E-state index contributed by atoms with van der Waals surface area (Å²) in [7, 11) is -3.70. The number of aromatic nitrogens is 1. The van der Waals surface area contributed by atoms with E-state index in [-0.39, 0.29) is 16.5 Å². The first kappa shape index (κ1) is 14.3. The van der Waals surface area contributed by atoms with Crippen LogP contribution in [0.2, 0.25) is 5.02 Å². The minimum atomic E-state index is -3.70. The molecule has 0 unspecified atom stereocenters. The summed E-state index contributed by atoms with van der Waals surface area (Å²) in [5.74, 6) is 0. The lowest BCUT2D eigenvalue weighted by Crippen LogP contribution is -2.23. The molecule has 0 saturated heterocycles. The van der Waals surface area contributed by atoms with E-state index in [0.29, 0.717) is 10.7 Å². The fourth-order valence-electron chi connectivity index (χ4n) is 1.44. The normalized spacial score (nSPS) is 11.7. The summed E-state index contributed by atoms with van der Waals surface area (Å²) >= 11 is 7.28. The lowest BCUT2D eigenvalue weighted by Gasteiger charge is -2.07. The molecule has 3 N–H and O–H groups in total. The minimum absolute atomic E-state index is 0.0255. The second kappa shape index (κ2) is 5.46. The standard InChI is InChI=1S/C11H12ClN3O2S2/c1-7-6-18-11(15-7)5-14-19(16,17)10-4-8(13)2-3-9(10)12/h2-4,6,14H,5,13H2,1H3. The van der Waals surface area contributed by atoms with Crippen LogP contribution in [-0.2, 0) is 16.6 Å². The molecule has 5 nitrogen and oxygen atoms in total. The van der Waals surface area contributed by atoms with Crippen molar-refractivity contribution in [3.05, 3.63) is 39.3 Å². The number of hydrogen-bond donors (Lipinski definition) is 2. The van der Waals surface area contributed by atoms with Gasteiger partial charge in [-0.2, -0.15) is 0 Å². The van der Waals surface area contributed by atoms with E-state index in [1.54, 1.807) is 6.07 Å². The average Bonchev–Trinajstić information content (AvgIpc) is 2.76. The molecule has 0 amide bonds. The Hall–Kier alpha value is -1.15. The number of rotatable bonds is 4. The van der Waals surface area contributed by atoms with Gasteiger partial charge in [-0.1, -0.05) is 11.6 Å². The predicted molar refractivity (Wildman–Crippen MR) is 76.7 cm³/mol. The predicted octanol–water partition coefficient (Wildman–Crippen LogP) is 2.17. The number of benzene rings is 1. The van der Waals surface area contributed by atoms with Crippen LogP contribution in [0, 0.1) is 6.92 Å². The molecule has 1 aromatic heterocycles. The number of nitrogens with one attached hydrogen (secondary N) is 1. The number of nitrogens with two attached hydrogens (primary N) is 1. The number of halogens is 1. The minimum Gasteiger partial charge on any atom is -0.399 e. The molecule has 0 aliphatic rings. The molecule has 102 valence electrons. The van der Waals surface area contributed by atoms with Crippen molar-refractivity contribution in [3.63, 3.8) is 0 Å². The Morgan fingerprint density at radius 2 is 2.21 bits per heavy atom. The number of hydrogen-bond acceptors (Lipinski definition) is 5. The van der Waals surface area contributed by atoms with Crippen molar-refractivity contribution < 1.29 is 8.42 Å². The fourth-order valence-corrected chi connectivity index (χ4v) is 3.77. The van der Waals surface area contributed by atoms with Crippen LogP contribution in [-0.4, -0.2) is 13.4 Å². The molecule has 0 aliphatic heterocycles. The SMILES string of the molecule is Cc1csc(CNS(=O)(=O)c2cc(N)ccc2Cl)n1. The van der Waals surface area contributed by atoms with Gasteiger partial charge in [0.15, 0.2) is 0 Å². The maximum absolute atomic E-state index is 12.1. The smallest absolute Gasteiger partial charge is 0.242 e. The third-order valence-electron chi connectivity index (χ3n) is 2.32. The summed E-state index contributed by atoms with van der Waals surface area (Å²) in [5.41, 5.74) is 6.78. The number of aryl methyl sites for hydroxylation is 1. The maximum Gasteiger partial charge on any atom is 0.242 e. The van der Waals surface area contributed by atoms with Crippen molar-refractivity contribution in [1.29, 1.82) is 0 Å². The van der Waals surface area contributed by atoms with E-state index in [9.17, 15) is 8.42 Å². The molecule has 0 spiro atoms. The van der Waals surface area contributed by atoms with E-state index < -0.39 is 10.0 Å². The summed E-state index contributed by atoms with van der Waals surface area (Å²) < 4.78 is 26.7. The number of nitrogens with zero attached hydrogens (tertiary/aromatic N) is 1. The Morgan fingerprint density at radius 1 is 1.47 bits per heavy atom. The van der Waals surface area contributed by atoms with Gasteiger partial charge in [-0.05, 0) is 25.1 Å². The lowest BCUT2D eigenvalue weighted by molar-refractivity contribution is 0.581. The zero-order chi connectivity index (χ0) is 14.0. The summed E-state index contributed by atoms with van der Waals surface area (Å²) in [6, 6.07) is 4.34. The van der Waals surface area contributed by atoms with Crippen LogP contribution in [0.4, 0.5) is 5.69 Å². The molecule has 0 fully saturated rings. The first-order valence-corrected chi connectivity index (χ1v) is 8.08. The van der Waals surface area contributed by atoms with Gasteiger partial charge in [-0.25, -0.2) is 18.1 Å². The molecule has 1 aromatic carbocycles. The zero-order valence-corrected chi connectivity index (χ0v) is 12.4. The summed E-state index contributed by atoms with van der Waals surface area (Å²) in [6.45, 7) is 1.98. The average molecular weight is 318 g/mol. The van der Waals surface area contributed by atoms with E-state index in [4.69, 9.17) is 17.3 Å². The van der Waals surface area contributed by atoms with Crippen LogP contribution in [0.3, 0.4) is 0 Å². The zero-order valence-electron chi connectivity index (χ0n) is 10.1. The van der Waals surface area contributed by atoms with Crippen LogP contribution in [0.5, 0.6) is 0 Å². The van der Waals surface area contributed by atoms with Crippen molar-refractivity contribution in [3.8, 4) is 0 Å². The van der Waals surface area contributed by atoms with Crippen molar-refractivity contribution in [2.24, 2.45) is 0 Å². The highest BCUT2D eigenvalue weighted by molar-refractivity contribution is 7.89. The van der Waals surface area contributed by atoms with E-state index in [1.807, 2.05) is 12.3 Å². The number of nitrogen functional groups attached to an aromatic ring is 1. The Labute approximate surface area is 120 Å². The molecule has 0 saturated carbocycles. The topological polar surface area (TPSA) is 85.1 Å². The van der Waals surface area contributed by atoms with Crippen molar-refractivity contribution >= 4 is 38.6 Å². The Kier molecular flexibility index (Phi) is 4.10. The van der Waals surface area contributed by atoms with Crippen molar-refractivity contribution in [2.75, 3.05) is 5.73 Å². The Bertz CT molecular complexity index is 698. The molecule has 19 heavy (non-hydrogen) atoms. The fraction of sp³-hybridized carbons (Fsp3) is 0.182. The maximum atomic E-state index is 12.1. The van der Waals surface area contributed by atoms with Gasteiger partial charge in [0.25, 0.3) is 0 Å². The highest BCUT2D eigenvalue weighted by Crippen LogP contribution is 2.23.